The zero-order chi connectivity index (χ0) is 13.1. The number of rotatable bonds is 7. The van der Waals surface area contributed by atoms with Crippen molar-refractivity contribution >= 4 is 5.97 Å². The monoisotopic (exact) mass is 251 g/mol. The molecule has 1 N–H and O–H groups in total. The predicted octanol–water partition coefficient (Wildman–Crippen LogP) is 1.90. The van der Waals surface area contributed by atoms with E-state index in [1.165, 1.54) is 0 Å². The van der Waals surface area contributed by atoms with Crippen molar-refractivity contribution in [2.75, 3.05) is 6.54 Å². The fraction of sp³-hybridized carbons (Fsp3) is 0.692. The van der Waals surface area contributed by atoms with Gasteiger partial charge in [-0.15, -0.1) is 0 Å². The third-order valence-corrected chi connectivity index (χ3v) is 3.47. The molecular weight excluding hydrogens is 230 g/mol. The maximum Gasteiger partial charge on any atom is 0.317 e. The molecule has 1 aliphatic carbocycles. The van der Waals surface area contributed by atoms with Crippen LogP contribution in [-0.2, 0) is 11.3 Å². The fourth-order valence-electron chi connectivity index (χ4n) is 2.03. The molecule has 18 heavy (non-hydrogen) atoms. The van der Waals surface area contributed by atoms with E-state index >= 15 is 0 Å². The van der Waals surface area contributed by atoms with Gasteiger partial charge in [-0.05, 0) is 32.3 Å². The van der Waals surface area contributed by atoms with E-state index in [1.807, 2.05) is 21.8 Å². The van der Waals surface area contributed by atoms with Crippen LogP contribution in [0.15, 0.2) is 12.3 Å². The van der Waals surface area contributed by atoms with Gasteiger partial charge in [-0.25, -0.2) is 0 Å². The van der Waals surface area contributed by atoms with Crippen LogP contribution in [0.25, 0.3) is 0 Å². The van der Waals surface area contributed by atoms with Crippen LogP contribution in [0.1, 0.15) is 44.8 Å². The molecule has 1 aromatic heterocycles. The van der Waals surface area contributed by atoms with Gasteiger partial charge in [0.1, 0.15) is 0 Å². The molecule has 1 aromatic rings. The average Bonchev–Trinajstić information content (AvgIpc) is 3.08. The van der Waals surface area contributed by atoms with Crippen LogP contribution < -0.4 is 0 Å². The first-order valence-corrected chi connectivity index (χ1v) is 6.60. The Labute approximate surface area is 107 Å². The van der Waals surface area contributed by atoms with Crippen LogP contribution in [0.4, 0.5) is 0 Å². The maximum absolute atomic E-state index is 10.8. The minimum absolute atomic E-state index is 0.112. The molecule has 2 rings (SSSR count). The summed E-state index contributed by atoms with van der Waals surface area (Å²) in [5.41, 5.74) is 0.962. The molecule has 0 saturated heterocycles. The van der Waals surface area contributed by atoms with Crippen molar-refractivity contribution in [1.82, 2.24) is 14.7 Å². The Morgan fingerprint density at radius 1 is 1.67 bits per heavy atom. The smallest absolute Gasteiger partial charge is 0.317 e. The number of nitrogens with zero attached hydrogens (tertiary/aromatic N) is 3. The van der Waals surface area contributed by atoms with Crippen LogP contribution in [0.2, 0.25) is 0 Å². The minimum atomic E-state index is -0.761. The Morgan fingerprint density at radius 3 is 2.94 bits per heavy atom. The zero-order valence-corrected chi connectivity index (χ0v) is 11.0. The van der Waals surface area contributed by atoms with Crippen LogP contribution in [0.5, 0.6) is 0 Å². The first-order chi connectivity index (χ1) is 8.60. The van der Waals surface area contributed by atoms with E-state index in [1.54, 1.807) is 0 Å². The molecule has 5 heteroatoms. The minimum Gasteiger partial charge on any atom is -0.480 e. The van der Waals surface area contributed by atoms with Gasteiger partial charge in [-0.2, -0.15) is 5.10 Å². The number of carbonyl (C=O) groups is 1. The highest BCUT2D eigenvalue weighted by molar-refractivity contribution is 5.69. The number of aliphatic carboxylic acids is 1. The fourth-order valence-corrected chi connectivity index (χ4v) is 2.03. The van der Waals surface area contributed by atoms with Crippen LogP contribution >= 0.6 is 0 Å². The topological polar surface area (TPSA) is 58.4 Å². The standard InChI is InChI=1S/C13H21N3O2/c1-3-10(2)16-7-6-11(14-16)8-15(9-13(17)18)12-4-5-12/h6-7,10,12H,3-5,8-9H2,1-2H3,(H,17,18). The molecule has 0 bridgehead atoms. The van der Waals surface area contributed by atoms with Crippen molar-refractivity contribution in [2.45, 2.75) is 51.7 Å². The lowest BCUT2D eigenvalue weighted by Crippen LogP contribution is -2.31. The summed E-state index contributed by atoms with van der Waals surface area (Å²) in [7, 11) is 0. The Hall–Kier alpha value is -1.36. The van der Waals surface area contributed by atoms with Gasteiger partial charge in [-0.3, -0.25) is 14.4 Å². The Morgan fingerprint density at radius 2 is 2.39 bits per heavy atom. The van der Waals surface area contributed by atoms with E-state index in [-0.39, 0.29) is 6.54 Å². The molecule has 1 aliphatic rings. The van der Waals surface area contributed by atoms with E-state index in [2.05, 4.69) is 18.9 Å². The number of carboxylic acid groups (broad SMARTS) is 1. The second-order valence-electron chi connectivity index (χ2n) is 5.07. The van der Waals surface area contributed by atoms with Crippen LogP contribution in [0.3, 0.4) is 0 Å². The summed E-state index contributed by atoms with van der Waals surface area (Å²) in [6.07, 6.45) is 5.25. The maximum atomic E-state index is 10.8. The van der Waals surface area contributed by atoms with Crippen molar-refractivity contribution in [3.63, 3.8) is 0 Å². The average molecular weight is 251 g/mol. The molecule has 0 aromatic carbocycles. The summed E-state index contributed by atoms with van der Waals surface area (Å²) in [6, 6.07) is 2.83. The van der Waals surface area contributed by atoms with Gasteiger partial charge in [0, 0.05) is 24.8 Å². The second-order valence-corrected chi connectivity index (χ2v) is 5.07. The number of aromatic nitrogens is 2. The molecule has 5 nitrogen and oxygen atoms in total. The SMILES string of the molecule is CCC(C)n1ccc(CN(CC(=O)O)C2CC2)n1. The molecule has 1 unspecified atom stereocenters. The number of hydrogen-bond donors (Lipinski definition) is 1. The molecule has 0 radical (unpaired) electrons. The van der Waals surface area contributed by atoms with Gasteiger partial charge >= 0.3 is 5.97 Å². The lowest BCUT2D eigenvalue weighted by molar-refractivity contribution is -0.138. The third kappa shape index (κ3) is 3.32. The van der Waals surface area contributed by atoms with E-state index in [0.717, 1.165) is 25.0 Å². The van der Waals surface area contributed by atoms with Crippen molar-refractivity contribution < 1.29 is 9.90 Å². The van der Waals surface area contributed by atoms with Crippen molar-refractivity contribution in [1.29, 1.82) is 0 Å². The highest BCUT2D eigenvalue weighted by Crippen LogP contribution is 2.27. The van der Waals surface area contributed by atoms with Gasteiger partial charge < -0.3 is 5.11 Å². The molecule has 0 amide bonds. The van der Waals surface area contributed by atoms with Gasteiger partial charge in [0.05, 0.1) is 12.2 Å². The molecule has 0 spiro atoms. The summed E-state index contributed by atoms with van der Waals surface area (Å²) in [5.74, 6) is -0.761. The molecule has 1 atom stereocenters. The van der Waals surface area contributed by atoms with E-state index in [9.17, 15) is 4.79 Å². The summed E-state index contributed by atoms with van der Waals surface area (Å²) >= 11 is 0. The van der Waals surface area contributed by atoms with E-state index in [0.29, 0.717) is 18.6 Å². The summed E-state index contributed by atoms with van der Waals surface area (Å²) in [4.78, 5) is 12.8. The number of carboxylic acids is 1. The van der Waals surface area contributed by atoms with Crippen LogP contribution in [0, 0.1) is 0 Å². The highest BCUT2D eigenvalue weighted by atomic mass is 16.4. The summed E-state index contributed by atoms with van der Waals surface area (Å²) < 4.78 is 1.96. The second kappa shape index (κ2) is 5.52. The molecule has 1 heterocycles. The molecule has 100 valence electrons. The van der Waals surface area contributed by atoms with E-state index in [4.69, 9.17) is 5.11 Å². The first-order valence-electron chi connectivity index (χ1n) is 6.60. The van der Waals surface area contributed by atoms with Crippen molar-refractivity contribution in [2.24, 2.45) is 0 Å². The Bertz CT molecular complexity index is 412. The number of hydrogen-bond acceptors (Lipinski definition) is 3. The van der Waals surface area contributed by atoms with Gasteiger partial charge in [0.25, 0.3) is 0 Å². The van der Waals surface area contributed by atoms with E-state index < -0.39 is 5.97 Å². The lowest BCUT2D eigenvalue weighted by Gasteiger charge is -2.18. The quantitative estimate of drug-likeness (QED) is 0.804. The van der Waals surface area contributed by atoms with Crippen molar-refractivity contribution in [3.8, 4) is 0 Å². The lowest BCUT2D eigenvalue weighted by atomic mass is 10.3. The normalized spacial score (nSPS) is 17.1. The van der Waals surface area contributed by atoms with Gasteiger partial charge in [0.15, 0.2) is 0 Å². The molecule has 1 fully saturated rings. The van der Waals surface area contributed by atoms with Crippen LogP contribution in [-0.4, -0.2) is 38.3 Å². The van der Waals surface area contributed by atoms with Gasteiger partial charge in [0.2, 0.25) is 0 Å². The highest BCUT2D eigenvalue weighted by Gasteiger charge is 2.30. The van der Waals surface area contributed by atoms with Crippen molar-refractivity contribution in [3.05, 3.63) is 18.0 Å². The first kappa shape index (κ1) is 13.1. The Kier molecular flexibility index (Phi) is 4.01. The largest absolute Gasteiger partial charge is 0.480 e. The predicted molar refractivity (Wildman–Crippen MR) is 68.3 cm³/mol. The molecular formula is C13H21N3O2. The zero-order valence-electron chi connectivity index (χ0n) is 11.0. The Balaban J connectivity index is 1.98. The summed E-state index contributed by atoms with van der Waals surface area (Å²) in [5, 5.41) is 13.4. The third-order valence-electron chi connectivity index (χ3n) is 3.47. The summed E-state index contributed by atoms with van der Waals surface area (Å²) in [6.45, 7) is 5.01. The molecule has 1 saturated carbocycles. The van der Waals surface area contributed by atoms with Gasteiger partial charge in [-0.1, -0.05) is 6.92 Å². The molecule has 0 aliphatic heterocycles.